The van der Waals surface area contributed by atoms with E-state index in [0.717, 1.165) is 0 Å². The summed E-state index contributed by atoms with van der Waals surface area (Å²) in [4.78, 5) is 11.7. The van der Waals surface area contributed by atoms with Gasteiger partial charge in [0, 0.05) is 12.2 Å². The molecule has 0 spiro atoms. The van der Waals surface area contributed by atoms with Gasteiger partial charge in [-0.15, -0.1) is 0 Å². The highest BCUT2D eigenvalue weighted by Crippen LogP contribution is 2.23. The molecule has 0 aliphatic carbocycles. The Labute approximate surface area is 111 Å². The largest absolute Gasteiger partial charge is 0.492 e. The SMILES string of the molecule is CCOc1ccccc1NC(=O)CSCCC#N. The van der Waals surface area contributed by atoms with E-state index in [4.69, 9.17) is 10.00 Å². The number of para-hydroxylation sites is 2. The second kappa shape index (κ2) is 8.43. The first-order valence-electron chi connectivity index (χ1n) is 5.74. The predicted octanol–water partition coefficient (Wildman–Crippen LogP) is 2.67. The maximum absolute atomic E-state index is 11.7. The summed E-state index contributed by atoms with van der Waals surface area (Å²) >= 11 is 1.45. The topological polar surface area (TPSA) is 62.1 Å². The van der Waals surface area contributed by atoms with Crippen LogP contribution < -0.4 is 10.1 Å². The van der Waals surface area contributed by atoms with Gasteiger partial charge in [0.25, 0.3) is 0 Å². The Morgan fingerprint density at radius 2 is 2.28 bits per heavy atom. The number of amides is 1. The summed E-state index contributed by atoms with van der Waals surface area (Å²) in [5, 5.41) is 11.2. The van der Waals surface area contributed by atoms with Crippen molar-refractivity contribution in [3.63, 3.8) is 0 Å². The van der Waals surface area contributed by atoms with Crippen molar-refractivity contribution < 1.29 is 9.53 Å². The van der Waals surface area contributed by atoms with E-state index < -0.39 is 0 Å². The van der Waals surface area contributed by atoms with Crippen molar-refractivity contribution in [1.29, 1.82) is 5.26 Å². The van der Waals surface area contributed by atoms with E-state index in [9.17, 15) is 4.79 Å². The van der Waals surface area contributed by atoms with Gasteiger partial charge in [-0.2, -0.15) is 17.0 Å². The van der Waals surface area contributed by atoms with Crippen LogP contribution in [-0.4, -0.2) is 24.0 Å². The normalized spacial score (nSPS) is 9.56. The number of hydrogen-bond donors (Lipinski definition) is 1. The van der Waals surface area contributed by atoms with E-state index in [-0.39, 0.29) is 5.91 Å². The second-order valence-corrected chi connectivity index (χ2v) is 4.54. The zero-order valence-electron chi connectivity index (χ0n) is 10.3. The van der Waals surface area contributed by atoms with E-state index >= 15 is 0 Å². The van der Waals surface area contributed by atoms with Crippen molar-refractivity contribution in [3.05, 3.63) is 24.3 Å². The van der Waals surface area contributed by atoms with E-state index in [0.29, 0.717) is 36.0 Å². The van der Waals surface area contributed by atoms with Crippen LogP contribution in [0.5, 0.6) is 5.75 Å². The summed E-state index contributed by atoms with van der Waals surface area (Å²) in [7, 11) is 0. The Balaban J connectivity index is 2.46. The van der Waals surface area contributed by atoms with E-state index in [2.05, 4.69) is 5.32 Å². The quantitative estimate of drug-likeness (QED) is 0.769. The number of nitrogens with zero attached hydrogens (tertiary/aromatic N) is 1. The predicted molar refractivity (Wildman–Crippen MR) is 73.8 cm³/mol. The summed E-state index contributed by atoms with van der Waals surface area (Å²) in [5.74, 6) is 1.62. The molecular weight excluding hydrogens is 248 g/mol. The Hall–Kier alpha value is -1.67. The van der Waals surface area contributed by atoms with Crippen LogP contribution in [0, 0.1) is 11.3 Å². The summed E-state index contributed by atoms with van der Waals surface area (Å²) in [5.41, 5.74) is 0.685. The highest BCUT2D eigenvalue weighted by molar-refractivity contribution is 7.99. The average Bonchev–Trinajstić information content (AvgIpc) is 2.37. The molecule has 0 atom stereocenters. The van der Waals surface area contributed by atoms with E-state index in [1.165, 1.54) is 11.8 Å². The van der Waals surface area contributed by atoms with Crippen LogP contribution in [0.4, 0.5) is 5.69 Å². The molecule has 0 saturated heterocycles. The van der Waals surface area contributed by atoms with Crippen LogP contribution in [0.15, 0.2) is 24.3 Å². The van der Waals surface area contributed by atoms with Crippen LogP contribution in [0.1, 0.15) is 13.3 Å². The highest BCUT2D eigenvalue weighted by atomic mass is 32.2. The van der Waals surface area contributed by atoms with Crippen molar-refractivity contribution in [3.8, 4) is 11.8 Å². The lowest BCUT2D eigenvalue weighted by Crippen LogP contribution is -2.15. The van der Waals surface area contributed by atoms with Gasteiger partial charge < -0.3 is 10.1 Å². The molecule has 4 nitrogen and oxygen atoms in total. The third-order valence-corrected chi connectivity index (χ3v) is 3.01. The molecule has 5 heteroatoms. The van der Waals surface area contributed by atoms with Gasteiger partial charge in [-0.25, -0.2) is 0 Å². The van der Waals surface area contributed by atoms with Crippen molar-refractivity contribution in [2.24, 2.45) is 0 Å². The molecule has 0 radical (unpaired) electrons. The fourth-order valence-corrected chi connectivity index (χ4v) is 1.96. The number of rotatable bonds is 7. The number of carbonyl (C=O) groups excluding carboxylic acids is 1. The summed E-state index contributed by atoms with van der Waals surface area (Å²) < 4.78 is 5.42. The maximum Gasteiger partial charge on any atom is 0.234 e. The van der Waals surface area contributed by atoms with Gasteiger partial charge in [-0.1, -0.05) is 12.1 Å². The zero-order chi connectivity index (χ0) is 13.2. The molecule has 0 heterocycles. The van der Waals surface area contributed by atoms with Gasteiger partial charge in [0.2, 0.25) is 5.91 Å². The number of nitrogens with one attached hydrogen (secondary N) is 1. The smallest absolute Gasteiger partial charge is 0.234 e. The van der Waals surface area contributed by atoms with Crippen LogP contribution in [0.3, 0.4) is 0 Å². The molecule has 1 N–H and O–H groups in total. The van der Waals surface area contributed by atoms with Crippen molar-refractivity contribution >= 4 is 23.4 Å². The first kappa shape index (κ1) is 14.4. The van der Waals surface area contributed by atoms with E-state index in [1.807, 2.05) is 37.3 Å². The van der Waals surface area contributed by atoms with Crippen LogP contribution in [-0.2, 0) is 4.79 Å². The molecule has 0 aliphatic heterocycles. The number of nitriles is 1. The zero-order valence-corrected chi connectivity index (χ0v) is 11.1. The lowest BCUT2D eigenvalue weighted by Gasteiger charge is -2.10. The van der Waals surface area contributed by atoms with Gasteiger partial charge in [0.15, 0.2) is 0 Å². The van der Waals surface area contributed by atoms with Crippen LogP contribution in [0.25, 0.3) is 0 Å². The average molecular weight is 264 g/mol. The molecule has 0 unspecified atom stereocenters. The fourth-order valence-electron chi connectivity index (χ4n) is 1.32. The molecule has 1 amide bonds. The number of benzene rings is 1. The Morgan fingerprint density at radius 1 is 1.50 bits per heavy atom. The first-order valence-corrected chi connectivity index (χ1v) is 6.89. The molecule has 1 aromatic rings. The first-order chi connectivity index (χ1) is 8.77. The van der Waals surface area contributed by atoms with Crippen LogP contribution >= 0.6 is 11.8 Å². The minimum Gasteiger partial charge on any atom is -0.492 e. The lowest BCUT2D eigenvalue weighted by molar-refractivity contribution is -0.113. The second-order valence-electron chi connectivity index (χ2n) is 3.44. The molecule has 96 valence electrons. The summed E-state index contributed by atoms with van der Waals surface area (Å²) in [6.45, 7) is 2.46. The highest BCUT2D eigenvalue weighted by Gasteiger charge is 2.06. The third-order valence-electron chi connectivity index (χ3n) is 2.05. The Kier molecular flexibility index (Phi) is 6.74. The molecule has 0 bridgehead atoms. The number of anilines is 1. The minimum atomic E-state index is -0.0786. The van der Waals surface area contributed by atoms with Crippen molar-refractivity contribution in [2.45, 2.75) is 13.3 Å². The summed E-state index contributed by atoms with van der Waals surface area (Å²) in [6.07, 6.45) is 0.466. The number of thioether (sulfide) groups is 1. The Morgan fingerprint density at radius 3 is 3.00 bits per heavy atom. The van der Waals surface area contributed by atoms with E-state index in [1.54, 1.807) is 0 Å². The molecule has 0 aliphatic rings. The fraction of sp³-hybridized carbons (Fsp3) is 0.385. The number of hydrogen-bond acceptors (Lipinski definition) is 4. The monoisotopic (exact) mass is 264 g/mol. The molecule has 0 fully saturated rings. The number of ether oxygens (including phenoxy) is 1. The lowest BCUT2D eigenvalue weighted by atomic mass is 10.3. The van der Waals surface area contributed by atoms with Crippen molar-refractivity contribution in [2.75, 3.05) is 23.4 Å². The molecule has 0 saturated carbocycles. The van der Waals surface area contributed by atoms with Gasteiger partial charge in [0.1, 0.15) is 5.75 Å². The molecule has 0 aromatic heterocycles. The summed E-state index contributed by atoms with van der Waals surface area (Å²) in [6, 6.07) is 9.39. The van der Waals surface area contributed by atoms with Crippen LogP contribution in [0.2, 0.25) is 0 Å². The molecular formula is C13H16N2O2S. The minimum absolute atomic E-state index is 0.0786. The van der Waals surface area contributed by atoms with Gasteiger partial charge in [-0.05, 0) is 19.1 Å². The van der Waals surface area contributed by atoms with Crippen molar-refractivity contribution in [1.82, 2.24) is 0 Å². The number of carbonyl (C=O) groups is 1. The Bertz CT molecular complexity index is 429. The third kappa shape index (κ3) is 5.11. The molecule has 1 rings (SSSR count). The van der Waals surface area contributed by atoms with Gasteiger partial charge in [-0.3, -0.25) is 4.79 Å². The van der Waals surface area contributed by atoms with Gasteiger partial charge >= 0.3 is 0 Å². The van der Waals surface area contributed by atoms with Gasteiger partial charge in [0.05, 0.1) is 24.1 Å². The standard InChI is InChI=1S/C13H16N2O2S/c1-2-17-12-7-4-3-6-11(12)15-13(16)10-18-9-5-8-14/h3-4,6-7H,2,5,9-10H2,1H3,(H,15,16). The maximum atomic E-state index is 11.7. The molecule has 1 aromatic carbocycles. The molecule has 18 heavy (non-hydrogen) atoms.